The number of anilines is 1. The topological polar surface area (TPSA) is 109 Å². The van der Waals surface area contributed by atoms with Crippen LogP contribution in [-0.4, -0.2) is 73.7 Å². The molecule has 1 saturated heterocycles. The second-order valence-electron chi connectivity index (χ2n) is 7.28. The molecule has 0 unspecified atom stereocenters. The molecule has 1 N–H and O–H groups in total. The second-order valence-corrected chi connectivity index (χ2v) is 7.28. The summed E-state index contributed by atoms with van der Waals surface area (Å²) in [4.78, 5) is 33.0. The molecule has 0 bridgehead atoms. The van der Waals surface area contributed by atoms with Gasteiger partial charge in [0.15, 0.2) is 5.82 Å². The van der Waals surface area contributed by atoms with Gasteiger partial charge in [0.1, 0.15) is 0 Å². The largest absolute Gasteiger partial charge is 0.481 e. The summed E-state index contributed by atoms with van der Waals surface area (Å²) in [6.07, 6.45) is 5.18. The molecule has 1 aliphatic heterocycles. The minimum Gasteiger partial charge on any atom is -0.481 e. The third kappa shape index (κ3) is 4.23. The molecule has 1 fully saturated rings. The van der Waals surface area contributed by atoms with Crippen molar-refractivity contribution in [1.29, 1.82) is 0 Å². The maximum atomic E-state index is 13.3. The van der Waals surface area contributed by atoms with E-state index in [1.54, 1.807) is 27.8 Å². The lowest BCUT2D eigenvalue weighted by Gasteiger charge is -2.33. The van der Waals surface area contributed by atoms with Crippen molar-refractivity contribution in [2.45, 2.75) is 12.8 Å². The number of carbonyl (C=O) groups is 1. The highest BCUT2D eigenvalue weighted by Gasteiger charge is 2.21. The summed E-state index contributed by atoms with van der Waals surface area (Å²) in [6, 6.07) is 7.35. The van der Waals surface area contributed by atoms with Crippen LogP contribution in [0.5, 0.6) is 0 Å². The van der Waals surface area contributed by atoms with Crippen LogP contribution >= 0.6 is 0 Å². The molecule has 2 aromatic heterocycles. The molecule has 0 spiro atoms. The lowest BCUT2D eigenvalue weighted by molar-refractivity contribution is -0.136. The fourth-order valence-corrected chi connectivity index (χ4v) is 3.41. The minimum absolute atomic E-state index is 0.0430. The van der Waals surface area contributed by atoms with Gasteiger partial charge in [-0.3, -0.25) is 14.2 Å². The lowest BCUT2D eigenvalue weighted by Crippen LogP contribution is -2.47. The van der Waals surface area contributed by atoms with Crippen LogP contribution in [0.2, 0.25) is 0 Å². The van der Waals surface area contributed by atoms with E-state index in [9.17, 15) is 9.59 Å². The van der Waals surface area contributed by atoms with E-state index in [2.05, 4.69) is 20.2 Å². The van der Waals surface area contributed by atoms with Crippen molar-refractivity contribution >= 4 is 11.8 Å². The molecular formula is C20H23N7O3. The zero-order valence-electron chi connectivity index (χ0n) is 16.7. The Morgan fingerprint density at radius 2 is 1.80 bits per heavy atom. The molecule has 0 atom stereocenters. The average Bonchev–Trinajstić information content (AvgIpc) is 3.29. The van der Waals surface area contributed by atoms with Gasteiger partial charge in [0, 0.05) is 44.5 Å². The average molecular weight is 409 g/mol. The van der Waals surface area contributed by atoms with Crippen molar-refractivity contribution in [1.82, 2.24) is 29.4 Å². The summed E-state index contributed by atoms with van der Waals surface area (Å²) in [6.45, 7) is 3.08. The molecule has 1 aromatic carbocycles. The predicted octanol–water partition coefficient (Wildman–Crippen LogP) is 0.582. The van der Waals surface area contributed by atoms with E-state index in [0.717, 1.165) is 18.8 Å². The maximum Gasteiger partial charge on any atom is 0.303 e. The number of likely N-dealkylation sites (N-methyl/N-ethyl adjacent to an activating group) is 1. The highest BCUT2D eigenvalue weighted by atomic mass is 16.4. The van der Waals surface area contributed by atoms with Gasteiger partial charge in [-0.1, -0.05) is 5.21 Å². The molecule has 0 radical (unpaired) electrons. The van der Waals surface area contributed by atoms with Gasteiger partial charge >= 0.3 is 5.97 Å². The number of carboxylic acid groups (broad SMARTS) is 1. The van der Waals surface area contributed by atoms with Gasteiger partial charge in [-0.25, -0.2) is 9.67 Å². The molecule has 0 amide bonds. The minimum atomic E-state index is -0.895. The fourth-order valence-electron chi connectivity index (χ4n) is 3.41. The summed E-state index contributed by atoms with van der Waals surface area (Å²) >= 11 is 0. The number of hydrogen-bond acceptors (Lipinski definition) is 7. The molecule has 0 saturated carbocycles. The Hall–Kier alpha value is -3.53. The van der Waals surface area contributed by atoms with Crippen LogP contribution in [0.25, 0.3) is 11.4 Å². The summed E-state index contributed by atoms with van der Waals surface area (Å²) < 4.78 is 3.18. The first kappa shape index (κ1) is 19.8. The number of benzene rings is 1. The summed E-state index contributed by atoms with van der Waals surface area (Å²) in [5.74, 6) is -0.528. The predicted molar refractivity (Wildman–Crippen MR) is 110 cm³/mol. The van der Waals surface area contributed by atoms with Gasteiger partial charge in [-0.2, -0.15) is 0 Å². The number of aryl methyl sites for hydroxylation is 1. The van der Waals surface area contributed by atoms with E-state index in [0.29, 0.717) is 30.3 Å². The van der Waals surface area contributed by atoms with E-state index in [1.807, 2.05) is 36.2 Å². The van der Waals surface area contributed by atoms with Crippen LogP contribution < -0.4 is 10.5 Å². The van der Waals surface area contributed by atoms with E-state index in [1.165, 1.54) is 0 Å². The molecular weight excluding hydrogens is 386 g/mol. The van der Waals surface area contributed by atoms with Gasteiger partial charge < -0.3 is 14.9 Å². The van der Waals surface area contributed by atoms with Crippen LogP contribution in [0.15, 0.2) is 47.7 Å². The first-order chi connectivity index (χ1) is 14.5. The Morgan fingerprint density at radius 3 is 2.43 bits per heavy atom. The van der Waals surface area contributed by atoms with E-state index in [-0.39, 0.29) is 18.4 Å². The van der Waals surface area contributed by atoms with Crippen LogP contribution in [0.4, 0.5) is 5.82 Å². The van der Waals surface area contributed by atoms with E-state index < -0.39 is 5.97 Å². The SMILES string of the molecule is CN1CCN(c2nc(CCC(=O)O)cn(-c3ccc(-n4ccnn4)cc3)c2=O)CC1. The Bertz CT molecular complexity index is 1070. The third-order valence-electron chi connectivity index (χ3n) is 5.15. The van der Waals surface area contributed by atoms with Crippen molar-refractivity contribution in [3.8, 4) is 11.4 Å². The molecule has 30 heavy (non-hydrogen) atoms. The van der Waals surface area contributed by atoms with Crippen LogP contribution in [0, 0.1) is 0 Å². The highest BCUT2D eigenvalue weighted by molar-refractivity contribution is 5.67. The zero-order chi connectivity index (χ0) is 21.1. The van der Waals surface area contributed by atoms with Gasteiger partial charge in [-0.15, -0.1) is 5.10 Å². The van der Waals surface area contributed by atoms with Crippen molar-refractivity contribution in [2.24, 2.45) is 0 Å². The second kappa shape index (κ2) is 8.46. The van der Waals surface area contributed by atoms with Crippen molar-refractivity contribution < 1.29 is 9.90 Å². The molecule has 0 aliphatic carbocycles. The monoisotopic (exact) mass is 409 g/mol. The first-order valence-electron chi connectivity index (χ1n) is 9.76. The van der Waals surface area contributed by atoms with Crippen molar-refractivity contribution in [3.63, 3.8) is 0 Å². The Balaban J connectivity index is 1.72. The number of piperazine rings is 1. The number of carboxylic acids is 1. The molecule has 10 nitrogen and oxygen atoms in total. The van der Waals surface area contributed by atoms with Gasteiger partial charge in [0.25, 0.3) is 5.56 Å². The Morgan fingerprint density at radius 1 is 1.10 bits per heavy atom. The molecule has 4 rings (SSSR count). The van der Waals surface area contributed by atoms with E-state index >= 15 is 0 Å². The van der Waals surface area contributed by atoms with Crippen molar-refractivity contribution in [3.05, 3.63) is 58.9 Å². The van der Waals surface area contributed by atoms with Gasteiger partial charge in [-0.05, 0) is 31.3 Å². The number of nitrogens with zero attached hydrogens (tertiary/aromatic N) is 7. The van der Waals surface area contributed by atoms with E-state index in [4.69, 9.17) is 5.11 Å². The Kier molecular flexibility index (Phi) is 5.57. The quantitative estimate of drug-likeness (QED) is 0.630. The first-order valence-corrected chi connectivity index (χ1v) is 9.76. The number of aromatic nitrogens is 5. The normalized spacial score (nSPS) is 14.8. The summed E-state index contributed by atoms with van der Waals surface area (Å²) in [5.41, 5.74) is 1.86. The summed E-state index contributed by atoms with van der Waals surface area (Å²) in [5, 5.41) is 16.8. The van der Waals surface area contributed by atoms with Crippen molar-refractivity contribution in [2.75, 3.05) is 38.1 Å². The van der Waals surface area contributed by atoms with Crippen LogP contribution in [0.3, 0.4) is 0 Å². The molecule has 10 heteroatoms. The fraction of sp³-hybridized carbons (Fsp3) is 0.350. The zero-order valence-corrected chi connectivity index (χ0v) is 16.7. The number of aliphatic carboxylic acids is 1. The molecule has 156 valence electrons. The smallest absolute Gasteiger partial charge is 0.303 e. The molecule has 1 aliphatic rings. The number of rotatable bonds is 6. The van der Waals surface area contributed by atoms with Gasteiger partial charge in [0.2, 0.25) is 0 Å². The highest BCUT2D eigenvalue weighted by Crippen LogP contribution is 2.15. The van der Waals surface area contributed by atoms with Crippen LogP contribution in [0.1, 0.15) is 12.1 Å². The number of hydrogen-bond donors (Lipinski definition) is 1. The molecule has 3 heterocycles. The Labute approximate surface area is 173 Å². The van der Waals surface area contributed by atoms with Crippen LogP contribution in [-0.2, 0) is 11.2 Å². The standard InChI is InChI=1S/C20H23N7O3/c1-24-10-12-25(13-11-24)19-20(30)26(14-15(22-19)2-7-18(28)29)16-3-5-17(6-4-16)27-9-8-21-23-27/h3-6,8-9,14H,2,7,10-13H2,1H3,(H,28,29). The maximum absolute atomic E-state index is 13.3. The third-order valence-corrected chi connectivity index (χ3v) is 5.15. The molecule has 3 aromatic rings. The lowest BCUT2D eigenvalue weighted by atomic mass is 10.2. The summed E-state index contributed by atoms with van der Waals surface area (Å²) in [7, 11) is 2.04. The van der Waals surface area contributed by atoms with Gasteiger partial charge in [0.05, 0.1) is 30.2 Å².